The molecule has 0 saturated carbocycles. The van der Waals surface area contributed by atoms with Crippen LogP contribution in [0.25, 0.3) is 0 Å². The predicted molar refractivity (Wildman–Crippen MR) is 48.2 cm³/mol. The van der Waals surface area contributed by atoms with E-state index in [4.69, 9.17) is 16.1 Å². The molecule has 1 aromatic rings. The van der Waals surface area contributed by atoms with E-state index in [1.165, 1.54) is 5.56 Å². The molecule has 4 heteroatoms. The van der Waals surface area contributed by atoms with Gasteiger partial charge in [-0.3, -0.25) is 0 Å². The van der Waals surface area contributed by atoms with Crippen LogP contribution in [0.3, 0.4) is 0 Å². The summed E-state index contributed by atoms with van der Waals surface area (Å²) in [5.41, 5.74) is 2.25. The second-order valence-corrected chi connectivity index (χ2v) is 4.49. The van der Waals surface area contributed by atoms with Crippen molar-refractivity contribution in [1.82, 2.24) is 0 Å². The van der Waals surface area contributed by atoms with E-state index in [-0.39, 0.29) is 0 Å². The van der Waals surface area contributed by atoms with Gasteiger partial charge in [-0.05, 0) is 0 Å². The van der Waals surface area contributed by atoms with E-state index in [1.807, 2.05) is 24.3 Å². The van der Waals surface area contributed by atoms with Crippen molar-refractivity contribution in [3.63, 3.8) is 0 Å². The zero-order valence-electron chi connectivity index (χ0n) is 5.88. The van der Waals surface area contributed by atoms with Crippen molar-refractivity contribution in [2.45, 2.75) is 6.61 Å². The van der Waals surface area contributed by atoms with Gasteiger partial charge in [0.2, 0.25) is 5.36 Å². The Balaban J connectivity index is 2.56. The summed E-state index contributed by atoms with van der Waals surface area (Å²) < 4.78 is 5.35. The quantitative estimate of drug-likeness (QED) is 0.536. The Morgan fingerprint density at radius 1 is 1.45 bits per heavy atom. The van der Waals surface area contributed by atoms with Crippen LogP contribution in [0, 0.1) is 0 Å². The zero-order chi connectivity index (χ0) is 7.90. The molecule has 2 rings (SSSR count). The number of hydrogen-bond donors (Lipinski definition) is 0. The van der Waals surface area contributed by atoms with Gasteiger partial charge in [-0.2, -0.15) is 15.6 Å². The summed E-state index contributed by atoms with van der Waals surface area (Å²) in [4.78, 5) is 0. The summed E-state index contributed by atoms with van der Waals surface area (Å²) in [6.07, 6.45) is 0. The Kier molecular flexibility index (Phi) is 1.60. The average Bonchev–Trinajstić information content (AvgIpc) is 2.29. The molecule has 3 radical (unpaired) electrons. The number of halogens is 1. The lowest BCUT2D eigenvalue weighted by Crippen LogP contribution is -2.42. The van der Waals surface area contributed by atoms with E-state index < -0.39 is 5.36 Å². The highest BCUT2D eigenvalue weighted by molar-refractivity contribution is 7.46. The topological polar surface area (TPSA) is 9.23 Å². The summed E-state index contributed by atoms with van der Waals surface area (Å²) in [7, 11) is 3.40. The van der Waals surface area contributed by atoms with Gasteiger partial charge in [-0.25, -0.2) is 0 Å². The molecule has 0 N–H and O–H groups in total. The third-order valence-electron chi connectivity index (χ3n) is 1.92. The minimum Gasteiger partial charge on any atom is -0.574 e. The van der Waals surface area contributed by atoms with Crippen molar-refractivity contribution in [2.75, 3.05) is 0 Å². The molecular weight excluding hydrogens is 174 g/mol. The molecule has 0 spiro atoms. The maximum Gasteiger partial charge on any atom is 0.203 e. The van der Waals surface area contributed by atoms with Gasteiger partial charge in [0.15, 0.2) is 0 Å². The molecule has 1 nitrogen and oxygen atoms in total. The molecule has 0 bridgehead atoms. The van der Waals surface area contributed by atoms with Crippen LogP contribution in [0.2, 0.25) is 0 Å². The van der Waals surface area contributed by atoms with Crippen LogP contribution in [0.5, 0.6) is 0 Å². The SMILES string of the molecule is [Si][B-]1(Cl)OCc2ccccc21. The first kappa shape index (κ1) is 7.40. The molecule has 0 fully saturated rings. The largest absolute Gasteiger partial charge is 0.574 e. The van der Waals surface area contributed by atoms with Gasteiger partial charge in [0.25, 0.3) is 0 Å². The Hall–Kier alpha value is -0.248. The zero-order valence-corrected chi connectivity index (χ0v) is 7.64. The van der Waals surface area contributed by atoms with Crippen molar-refractivity contribution in [3.8, 4) is 0 Å². The van der Waals surface area contributed by atoms with E-state index in [1.54, 1.807) is 0 Å². The summed E-state index contributed by atoms with van der Waals surface area (Å²) in [6, 6.07) is 7.97. The number of rotatable bonds is 0. The molecule has 0 aliphatic carbocycles. The van der Waals surface area contributed by atoms with E-state index in [0.717, 1.165) is 5.46 Å². The van der Waals surface area contributed by atoms with Crippen LogP contribution in [0.1, 0.15) is 5.56 Å². The van der Waals surface area contributed by atoms with Crippen LogP contribution in [-0.4, -0.2) is 15.5 Å². The molecule has 11 heavy (non-hydrogen) atoms. The number of benzene rings is 1. The predicted octanol–water partition coefficient (Wildman–Crippen LogP) is 0.770. The molecule has 0 aromatic heterocycles. The highest BCUT2D eigenvalue weighted by Crippen LogP contribution is 2.19. The van der Waals surface area contributed by atoms with Gasteiger partial charge in [0.1, 0.15) is 0 Å². The second-order valence-electron chi connectivity index (χ2n) is 2.70. The summed E-state index contributed by atoms with van der Waals surface area (Å²) >= 11 is 6.05. The maximum absolute atomic E-state index is 6.05. The lowest BCUT2D eigenvalue weighted by Gasteiger charge is -2.24. The first-order chi connectivity index (χ1) is 5.20. The van der Waals surface area contributed by atoms with Crippen LogP contribution in [-0.2, 0) is 11.3 Å². The molecule has 1 unspecified atom stereocenters. The highest BCUT2D eigenvalue weighted by Gasteiger charge is 2.24. The van der Waals surface area contributed by atoms with Crippen LogP contribution in [0.4, 0.5) is 0 Å². The number of fused-ring (bicyclic) bond motifs is 1. The molecule has 1 aromatic carbocycles. The third kappa shape index (κ3) is 1.13. The summed E-state index contributed by atoms with van der Waals surface area (Å²) in [5, 5.41) is -1.42. The lowest BCUT2D eigenvalue weighted by molar-refractivity contribution is 0.335. The first-order valence-corrected chi connectivity index (χ1v) is 4.51. The fraction of sp³-hybridized carbons (Fsp3) is 0.143. The van der Waals surface area contributed by atoms with Gasteiger partial charge < -0.3 is 16.1 Å². The van der Waals surface area contributed by atoms with E-state index in [9.17, 15) is 0 Å². The van der Waals surface area contributed by atoms with Gasteiger partial charge in [-0.15, -0.1) is 0 Å². The lowest BCUT2D eigenvalue weighted by atomic mass is 9.83. The Labute approximate surface area is 73.9 Å². The summed E-state index contributed by atoms with van der Waals surface area (Å²) in [6.45, 7) is 0.614. The van der Waals surface area contributed by atoms with Crippen molar-refractivity contribution in [2.24, 2.45) is 0 Å². The van der Waals surface area contributed by atoms with E-state index in [2.05, 4.69) is 10.1 Å². The fourth-order valence-electron chi connectivity index (χ4n) is 1.32. The highest BCUT2D eigenvalue weighted by atomic mass is 35.5. The Bertz CT molecular complexity index is 290. The molecule has 55 valence electrons. The molecule has 1 heterocycles. The van der Waals surface area contributed by atoms with Crippen LogP contribution < -0.4 is 5.46 Å². The van der Waals surface area contributed by atoms with Crippen LogP contribution >= 0.6 is 11.5 Å². The number of hydrogen-bond acceptors (Lipinski definition) is 1. The van der Waals surface area contributed by atoms with Crippen LogP contribution in [0.15, 0.2) is 24.3 Å². The van der Waals surface area contributed by atoms with Gasteiger partial charge in [-0.1, -0.05) is 29.8 Å². The smallest absolute Gasteiger partial charge is 0.203 e. The van der Waals surface area contributed by atoms with Crippen molar-refractivity contribution in [3.05, 3.63) is 29.8 Å². The first-order valence-electron chi connectivity index (χ1n) is 3.50. The van der Waals surface area contributed by atoms with E-state index >= 15 is 0 Å². The molecule has 0 amide bonds. The van der Waals surface area contributed by atoms with Gasteiger partial charge >= 0.3 is 0 Å². The average molecular weight is 180 g/mol. The molecular formula is C7H6BClOSi-. The Morgan fingerprint density at radius 3 is 2.91 bits per heavy atom. The second kappa shape index (κ2) is 2.37. The monoisotopic (exact) mass is 180 g/mol. The van der Waals surface area contributed by atoms with Gasteiger partial charge in [0, 0.05) is 6.61 Å². The standard InChI is InChI=1S/C7H6BClOSi/c9-8(11)7-4-2-1-3-6(7)5-10-8/h1-4H,5H2/q-1. The molecule has 1 aliphatic heterocycles. The molecule has 1 atom stereocenters. The third-order valence-corrected chi connectivity index (χ3v) is 2.76. The van der Waals surface area contributed by atoms with E-state index in [0.29, 0.717) is 6.61 Å². The molecule has 1 aliphatic rings. The normalized spacial score (nSPS) is 28.5. The van der Waals surface area contributed by atoms with Crippen molar-refractivity contribution in [1.29, 1.82) is 0 Å². The van der Waals surface area contributed by atoms with Gasteiger partial charge in [0.05, 0.1) is 0 Å². The summed E-state index contributed by atoms with van der Waals surface area (Å²) in [5.74, 6) is 0. The maximum atomic E-state index is 6.05. The minimum atomic E-state index is -1.42. The minimum absolute atomic E-state index is 0.614. The fourth-order valence-corrected chi connectivity index (χ4v) is 1.96. The van der Waals surface area contributed by atoms with Crippen molar-refractivity contribution >= 4 is 32.4 Å². The Morgan fingerprint density at radius 2 is 2.18 bits per heavy atom. The van der Waals surface area contributed by atoms with Crippen molar-refractivity contribution < 1.29 is 4.65 Å². The molecule has 0 saturated heterocycles.